The summed E-state index contributed by atoms with van der Waals surface area (Å²) in [4.78, 5) is 38.1. The van der Waals surface area contributed by atoms with Crippen molar-refractivity contribution in [1.82, 2.24) is 0 Å². The summed E-state index contributed by atoms with van der Waals surface area (Å²) >= 11 is 0. The maximum atomic E-state index is 12.8. The molecule has 0 rings (SSSR count). The average molecular weight is 918 g/mol. The van der Waals surface area contributed by atoms with E-state index in [1.54, 1.807) is 0 Å². The molecular weight excluding hydrogens is 805 g/mol. The molecule has 0 aromatic heterocycles. The van der Waals surface area contributed by atoms with Gasteiger partial charge < -0.3 is 14.2 Å². The predicted octanol–water partition coefficient (Wildman–Crippen LogP) is 19.3. The minimum Gasteiger partial charge on any atom is -0.462 e. The Morgan fingerprint density at radius 2 is 0.508 bits per heavy atom. The Morgan fingerprint density at radius 3 is 0.769 bits per heavy atom. The molecule has 0 aliphatic heterocycles. The number of carbonyl (C=O) groups excluding carboxylic acids is 3. The van der Waals surface area contributed by atoms with Gasteiger partial charge in [0, 0.05) is 19.3 Å². The summed E-state index contributed by atoms with van der Waals surface area (Å²) in [7, 11) is 0. The van der Waals surface area contributed by atoms with Crippen LogP contribution in [0.15, 0.2) is 12.2 Å². The molecule has 0 amide bonds. The normalized spacial score (nSPS) is 12.0. The lowest BCUT2D eigenvalue weighted by Crippen LogP contribution is -2.30. The maximum absolute atomic E-state index is 12.8. The molecule has 0 N–H and O–H groups in total. The van der Waals surface area contributed by atoms with Gasteiger partial charge in [-0.3, -0.25) is 14.4 Å². The van der Waals surface area contributed by atoms with Gasteiger partial charge in [0.2, 0.25) is 0 Å². The molecule has 0 aromatic carbocycles. The van der Waals surface area contributed by atoms with Gasteiger partial charge in [0.15, 0.2) is 6.10 Å². The van der Waals surface area contributed by atoms with Crippen molar-refractivity contribution in [3.63, 3.8) is 0 Å². The summed E-state index contributed by atoms with van der Waals surface area (Å²) in [5, 5.41) is 0. The lowest BCUT2D eigenvalue weighted by molar-refractivity contribution is -0.167. The van der Waals surface area contributed by atoms with Gasteiger partial charge in [-0.25, -0.2) is 0 Å². The Kier molecular flexibility index (Phi) is 53.2. The molecular formula is C59H112O6. The van der Waals surface area contributed by atoms with E-state index in [2.05, 4.69) is 32.9 Å². The summed E-state index contributed by atoms with van der Waals surface area (Å²) in [5.41, 5.74) is 0. The van der Waals surface area contributed by atoms with Crippen LogP contribution in [0.25, 0.3) is 0 Å². The van der Waals surface area contributed by atoms with E-state index >= 15 is 0 Å². The first kappa shape index (κ1) is 63.1. The zero-order valence-corrected chi connectivity index (χ0v) is 44.0. The van der Waals surface area contributed by atoms with Crippen molar-refractivity contribution in [1.29, 1.82) is 0 Å². The van der Waals surface area contributed by atoms with Crippen molar-refractivity contribution in [2.24, 2.45) is 0 Å². The molecule has 0 saturated heterocycles. The number of hydrogen-bond acceptors (Lipinski definition) is 6. The number of carbonyl (C=O) groups is 3. The van der Waals surface area contributed by atoms with Crippen molar-refractivity contribution >= 4 is 17.9 Å². The van der Waals surface area contributed by atoms with E-state index in [0.29, 0.717) is 19.3 Å². The Bertz CT molecular complexity index is 1010. The number of rotatable bonds is 54. The van der Waals surface area contributed by atoms with Crippen molar-refractivity contribution in [3.8, 4) is 0 Å². The smallest absolute Gasteiger partial charge is 0.306 e. The highest BCUT2D eigenvalue weighted by atomic mass is 16.6. The van der Waals surface area contributed by atoms with E-state index < -0.39 is 6.10 Å². The Morgan fingerprint density at radius 1 is 0.292 bits per heavy atom. The molecule has 6 nitrogen and oxygen atoms in total. The number of ether oxygens (including phenoxy) is 3. The van der Waals surface area contributed by atoms with Gasteiger partial charge >= 0.3 is 17.9 Å². The molecule has 1 atom stereocenters. The van der Waals surface area contributed by atoms with Crippen molar-refractivity contribution in [2.75, 3.05) is 13.2 Å². The summed E-state index contributed by atoms with van der Waals surface area (Å²) in [6, 6.07) is 0. The third-order valence-corrected chi connectivity index (χ3v) is 13.3. The molecule has 0 bridgehead atoms. The largest absolute Gasteiger partial charge is 0.462 e. The summed E-state index contributed by atoms with van der Waals surface area (Å²) < 4.78 is 16.9. The molecule has 384 valence electrons. The number of allylic oxidation sites excluding steroid dienone is 2. The minimum atomic E-state index is -0.768. The van der Waals surface area contributed by atoms with Gasteiger partial charge in [-0.15, -0.1) is 0 Å². The number of esters is 3. The van der Waals surface area contributed by atoms with Gasteiger partial charge in [-0.1, -0.05) is 277 Å². The monoisotopic (exact) mass is 917 g/mol. The van der Waals surface area contributed by atoms with Crippen LogP contribution < -0.4 is 0 Å². The molecule has 0 radical (unpaired) electrons. The lowest BCUT2D eigenvalue weighted by Gasteiger charge is -2.18. The fourth-order valence-corrected chi connectivity index (χ4v) is 8.85. The summed E-state index contributed by atoms with van der Waals surface area (Å²) in [6.07, 6.45) is 62.1. The first-order valence-electron chi connectivity index (χ1n) is 29.2. The Hall–Kier alpha value is -1.85. The standard InChI is InChI=1S/C59H112O6/c1-4-7-10-13-16-19-22-25-27-28-29-30-31-32-33-35-37-40-43-46-49-52-58(61)64-55-56(54-63-57(60)51-48-45-42-39-36-24-21-18-15-12-9-6-3)65-59(62)53-50-47-44-41-38-34-26-23-20-17-14-11-8-5-2/h23,26,56H,4-22,24-25,27-55H2,1-3H3/b26-23-. The van der Waals surface area contributed by atoms with Gasteiger partial charge in [-0.2, -0.15) is 0 Å². The molecule has 6 heteroatoms. The van der Waals surface area contributed by atoms with Crippen LogP contribution in [0.1, 0.15) is 329 Å². The quantitative estimate of drug-likeness (QED) is 0.0262. The van der Waals surface area contributed by atoms with Gasteiger partial charge in [0.25, 0.3) is 0 Å². The molecule has 0 aliphatic carbocycles. The second-order valence-corrected chi connectivity index (χ2v) is 19.9. The van der Waals surface area contributed by atoms with Crippen LogP contribution in [0.5, 0.6) is 0 Å². The van der Waals surface area contributed by atoms with Crippen LogP contribution in [-0.4, -0.2) is 37.2 Å². The van der Waals surface area contributed by atoms with Crippen LogP contribution >= 0.6 is 0 Å². The van der Waals surface area contributed by atoms with Crippen LogP contribution in [0, 0.1) is 0 Å². The third-order valence-electron chi connectivity index (χ3n) is 13.3. The minimum absolute atomic E-state index is 0.0675. The van der Waals surface area contributed by atoms with Crippen LogP contribution in [0.2, 0.25) is 0 Å². The highest BCUT2D eigenvalue weighted by Gasteiger charge is 2.19. The second-order valence-electron chi connectivity index (χ2n) is 19.9. The fourth-order valence-electron chi connectivity index (χ4n) is 8.85. The molecule has 0 saturated carbocycles. The highest BCUT2D eigenvalue weighted by molar-refractivity contribution is 5.71. The van der Waals surface area contributed by atoms with E-state index in [-0.39, 0.29) is 31.1 Å². The molecule has 0 fully saturated rings. The number of unbranched alkanes of at least 4 members (excludes halogenated alkanes) is 41. The van der Waals surface area contributed by atoms with E-state index in [4.69, 9.17) is 14.2 Å². The summed E-state index contributed by atoms with van der Waals surface area (Å²) in [6.45, 7) is 6.68. The molecule has 65 heavy (non-hydrogen) atoms. The van der Waals surface area contributed by atoms with Crippen molar-refractivity contribution in [3.05, 3.63) is 12.2 Å². The second kappa shape index (κ2) is 54.8. The van der Waals surface area contributed by atoms with E-state index in [0.717, 1.165) is 64.2 Å². The first-order chi connectivity index (χ1) is 32.0. The first-order valence-corrected chi connectivity index (χ1v) is 29.2. The predicted molar refractivity (Wildman–Crippen MR) is 280 cm³/mol. The van der Waals surface area contributed by atoms with Crippen LogP contribution in [-0.2, 0) is 28.6 Å². The zero-order chi connectivity index (χ0) is 47.2. The molecule has 0 aliphatic rings. The molecule has 0 aromatic rings. The maximum Gasteiger partial charge on any atom is 0.306 e. The van der Waals surface area contributed by atoms with Gasteiger partial charge in [-0.05, 0) is 44.9 Å². The van der Waals surface area contributed by atoms with Crippen LogP contribution in [0.3, 0.4) is 0 Å². The summed E-state index contributed by atoms with van der Waals surface area (Å²) in [5.74, 6) is -0.853. The third kappa shape index (κ3) is 53.0. The van der Waals surface area contributed by atoms with E-state index in [1.165, 1.54) is 225 Å². The molecule has 0 spiro atoms. The van der Waals surface area contributed by atoms with Crippen molar-refractivity contribution < 1.29 is 28.6 Å². The lowest BCUT2D eigenvalue weighted by atomic mass is 10.0. The average Bonchev–Trinajstić information content (AvgIpc) is 3.30. The van der Waals surface area contributed by atoms with E-state index in [1.807, 2.05) is 0 Å². The van der Waals surface area contributed by atoms with Gasteiger partial charge in [0.05, 0.1) is 0 Å². The Labute approximate surface area is 405 Å². The topological polar surface area (TPSA) is 78.9 Å². The number of hydrogen-bond donors (Lipinski definition) is 0. The molecule has 1 unspecified atom stereocenters. The molecule has 0 heterocycles. The van der Waals surface area contributed by atoms with Crippen LogP contribution in [0.4, 0.5) is 0 Å². The van der Waals surface area contributed by atoms with Gasteiger partial charge in [0.1, 0.15) is 13.2 Å². The highest BCUT2D eigenvalue weighted by Crippen LogP contribution is 2.17. The van der Waals surface area contributed by atoms with Crippen molar-refractivity contribution in [2.45, 2.75) is 335 Å². The van der Waals surface area contributed by atoms with E-state index in [9.17, 15) is 14.4 Å². The zero-order valence-electron chi connectivity index (χ0n) is 44.0. The fraction of sp³-hybridized carbons (Fsp3) is 0.915. The Balaban J connectivity index is 4.24. The SMILES string of the molecule is CCCCCCC/C=C\CCCCCCCC(=O)OC(COC(=O)CCCCCCCCCCCCCC)COC(=O)CCCCCCCCCCCCCCCCCCCCCCC.